The summed E-state index contributed by atoms with van der Waals surface area (Å²) >= 11 is 3.91. The van der Waals surface area contributed by atoms with E-state index in [1.54, 1.807) is 0 Å². The van der Waals surface area contributed by atoms with Crippen LogP contribution >= 0.6 is 23.5 Å². The highest BCUT2D eigenvalue weighted by molar-refractivity contribution is 8.06. The Balaban J connectivity index is 1.75. The molecule has 0 bridgehead atoms. The minimum Gasteiger partial charge on any atom is -0.392 e. The molecule has 0 amide bonds. The first-order valence-corrected chi connectivity index (χ1v) is 9.22. The van der Waals surface area contributed by atoms with Crippen molar-refractivity contribution in [1.82, 2.24) is 10.1 Å². The Morgan fingerprint density at radius 1 is 1.35 bits per heavy atom. The molecule has 1 aromatic heterocycles. The van der Waals surface area contributed by atoms with Gasteiger partial charge in [0.05, 0.1) is 23.9 Å². The minimum absolute atomic E-state index is 0.175. The third-order valence-electron chi connectivity index (χ3n) is 3.80. The maximum Gasteiger partial charge on any atom is 0.234 e. The summed E-state index contributed by atoms with van der Waals surface area (Å²) in [6.07, 6.45) is 1.31. The molecule has 2 aliphatic heterocycles. The Morgan fingerprint density at radius 3 is 3.00 bits per heavy atom. The number of hydrogen-bond donors (Lipinski definition) is 1. The SMILES string of the molecule is CCC1SCCSC1c1noc(C2COCCC2O)n1. The second-order valence-electron chi connectivity index (χ2n) is 5.14. The van der Waals surface area contributed by atoms with Gasteiger partial charge in [-0.05, 0) is 12.8 Å². The van der Waals surface area contributed by atoms with Gasteiger partial charge in [-0.2, -0.15) is 16.7 Å². The molecule has 2 aliphatic rings. The zero-order valence-electron chi connectivity index (χ0n) is 11.5. The van der Waals surface area contributed by atoms with Crippen LogP contribution in [-0.2, 0) is 4.74 Å². The molecule has 1 N–H and O–H groups in total. The molecule has 2 fully saturated rings. The van der Waals surface area contributed by atoms with Crippen molar-refractivity contribution in [2.45, 2.75) is 42.3 Å². The third kappa shape index (κ3) is 3.00. The van der Waals surface area contributed by atoms with Gasteiger partial charge in [0.2, 0.25) is 5.89 Å². The Hall–Kier alpha value is -0.240. The summed E-state index contributed by atoms with van der Waals surface area (Å²) in [5.74, 6) is 3.45. The van der Waals surface area contributed by atoms with Crippen LogP contribution in [0.1, 0.15) is 42.6 Å². The topological polar surface area (TPSA) is 68.4 Å². The van der Waals surface area contributed by atoms with Gasteiger partial charge >= 0.3 is 0 Å². The van der Waals surface area contributed by atoms with Crippen molar-refractivity contribution in [3.05, 3.63) is 11.7 Å². The molecule has 0 aromatic carbocycles. The molecule has 0 saturated carbocycles. The van der Waals surface area contributed by atoms with Gasteiger partial charge in [0, 0.05) is 23.4 Å². The summed E-state index contributed by atoms with van der Waals surface area (Å²) in [4.78, 5) is 4.55. The number of rotatable bonds is 3. The fourth-order valence-corrected chi connectivity index (χ4v) is 5.60. The monoisotopic (exact) mass is 316 g/mol. The highest BCUT2D eigenvalue weighted by atomic mass is 32.2. The van der Waals surface area contributed by atoms with Crippen molar-refractivity contribution in [3.8, 4) is 0 Å². The number of hydrogen-bond acceptors (Lipinski definition) is 7. The van der Waals surface area contributed by atoms with Gasteiger partial charge in [-0.15, -0.1) is 11.8 Å². The largest absolute Gasteiger partial charge is 0.392 e. The van der Waals surface area contributed by atoms with Gasteiger partial charge in [0.1, 0.15) is 0 Å². The van der Waals surface area contributed by atoms with Crippen molar-refractivity contribution in [2.75, 3.05) is 24.7 Å². The van der Waals surface area contributed by atoms with Crippen LogP contribution in [0.15, 0.2) is 4.52 Å². The van der Waals surface area contributed by atoms with Crippen molar-refractivity contribution in [2.24, 2.45) is 0 Å². The van der Waals surface area contributed by atoms with Crippen molar-refractivity contribution >= 4 is 23.5 Å². The summed E-state index contributed by atoms with van der Waals surface area (Å²) in [6.45, 7) is 3.27. The van der Waals surface area contributed by atoms with E-state index in [0.717, 1.165) is 18.0 Å². The van der Waals surface area contributed by atoms with Crippen molar-refractivity contribution in [3.63, 3.8) is 0 Å². The van der Waals surface area contributed by atoms with E-state index in [1.807, 2.05) is 23.5 Å². The molecule has 7 heteroatoms. The Bertz CT molecular complexity index is 443. The number of aliphatic hydroxyl groups excluding tert-OH is 1. The first kappa shape index (κ1) is 14.7. The van der Waals surface area contributed by atoms with Crippen LogP contribution in [0.25, 0.3) is 0 Å². The van der Waals surface area contributed by atoms with Crippen LogP contribution in [0, 0.1) is 0 Å². The summed E-state index contributed by atoms with van der Waals surface area (Å²) in [7, 11) is 0. The average molecular weight is 316 g/mol. The molecule has 4 unspecified atom stereocenters. The summed E-state index contributed by atoms with van der Waals surface area (Å²) < 4.78 is 10.8. The molecule has 2 saturated heterocycles. The van der Waals surface area contributed by atoms with E-state index >= 15 is 0 Å². The second-order valence-corrected chi connectivity index (χ2v) is 7.73. The number of thioether (sulfide) groups is 2. The van der Waals surface area contributed by atoms with Gasteiger partial charge in [-0.1, -0.05) is 12.1 Å². The lowest BCUT2D eigenvalue weighted by Gasteiger charge is -2.27. The molecular weight excluding hydrogens is 296 g/mol. The standard InChI is InChI=1S/C13H20N2O3S2/c1-2-10-11(20-6-5-19-10)12-14-13(18-15-12)8-7-17-4-3-9(8)16/h8-11,16H,2-7H2,1H3. The van der Waals surface area contributed by atoms with Gasteiger partial charge in [-0.25, -0.2) is 0 Å². The van der Waals surface area contributed by atoms with Crippen LogP contribution in [0.5, 0.6) is 0 Å². The third-order valence-corrected chi connectivity index (χ3v) is 7.04. The van der Waals surface area contributed by atoms with E-state index < -0.39 is 6.10 Å². The molecule has 1 aromatic rings. The molecule has 20 heavy (non-hydrogen) atoms. The molecule has 4 atom stereocenters. The molecule has 0 aliphatic carbocycles. The van der Waals surface area contributed by atoms with Crippen molar-refractivity contribution < 1.29 is 14.4 Å². The van der Waals surface area contributed by atoms with Crippen LogP contribution in [0.2, 0.25) is 0 Å². The fourth-order valence-electron chi connectivity index (χ4n) is 2.62. The highest BCUT2D eigenvalue weighted by Gasteiger charge is 2.34. The lowest BCUT2D eigenvalue weighted by molar-refractivity contribution is -0.0149. The molecular formula is C13H20N2O3S2. The highest BCUT2D eigenvalue weighted by Crippen LogP contribution is 2.43. The first-order chi connectivity index (χ1) is 9.79. The van der Waals surface area contributed by atoms with E-state index in [1.165, 1.54) is 5.75 Å². The molecule has 0 radical (unpaired) electrons. The predicted molar refractivity (Wildman–Crippen MR) is 80.2 cm³/mol. The maximum atomic E-state index is 10.0. The van der Waals surface area contributed by atoms with Crippen LogP contribution in [0.3, 0.4) is 0 Å². The van der Waals surface area contributed by atoms with Gasteiger partial charge in [-0.3, -0.25) is 0 Å². The Labute approximate surface area is 127 Å². The predicted octanol–water partition coefficient (Wildman–Crippen LogP) is 2.23. The molecule has 3 rings (SSSR count). The smallest absolute Gasteiger partial charge is 0.234 e. The maximum absolute atomic E-state index is 10.0. The van der Waals surface area contributed by atoms with Gasteiger partial charge in [0.25, 0.3) is 0 Å². The minimum atomic E-state index is -0.438. The number of nitrogens with zero attached hydrogens (tertiary/aromatic N) is 2. The number of aliphatic hydroxyl groups is 1. The van der Waals surface area contributed by atoms with Gasteiger partial charge in [0.15, 0.2) is 5.82 Å². The summed E-state index contributed by atoms with van der Waals surface area (Å²) in [5, 5.41) is 15.0. The van der Waals surface area contributed by atoms with E-state index in [9.17, 15) is 5.11 Å². The lowest BCUT2D eigenvalue weighted by atomic mass is 9.99. The summed E-state index contributed by atoms with van der Waals surface area (Å²) in [6, 6.07) is 0. The van der Waals surface area contributed by atoms with Crippen LogP contribution in [-0.4, -0.2) is 51.3 Å². The molecule has 5 nitrogen and oxygen atoms in total. The summed E-state index contributed by atoms with van der Waals surface area (Å²) in [5.41, 5.74) is 0. The Morgan fingerprint density at radius 2 is 2.20 bits per heavy atom. The lowest BCUT2D eigenvalue weighted by Crippen LogP contribution is -2.30. The second kappa shape index (κ2) is 6.68. The zero-order valence-corrected chi connectivity index (χ0v) is 13.2. The van der Waals surface area contributed by atoms with E-state index in [-0.39, 0.29) is 5.92 Å². The number of aromatic nitrogens is 2. The molecule has 3 heterocycles. The van der Waals surface area contributed by atoms with Crippen molar-refractivity contribution in [1.29, 1.82) is 0 Å². The average Bonchev–Trinajstić information content (AvgIpc) is 2.97. The number of ether oxygens (including phenoxy) is 1. The first-order valence-electron chi connectivity index (χ1n) is 7.12. The van der Waals surface area contributed by atoms with E-state index in [0.29, 0.717) is 36.0 Å². The fraction of sp³-hybridized carbons (Fsp3) is 0.846. The quantitative estimate of drug-likeness (QED) is 0.917. The Kier molecular flexibility index (Phi) is 4.91. The van der Waals surface area contributed by atoms with E-state index in [4.69, 9.17) is 9.26 Å². The van der Waals surface area contributed by atoms with Crippen LogP contribution < -0.4 is 0 Å². The molecule has 0 spiro atoms. The van der Waals surface area contributed by atoms with Crippen LogP contribution in [0.4, 0.5) is 0 Å². The zero-order chi connectivity index (χ0) is 13.9. The van der Waals surface area contributed by atoms with E-state index in [2.05, 4.69) is 17.1 Å². The molecule has 112 valence electrons. The van der Waals surface area contributed by atoms with Gasteiger partial charge < -0.3 is 14.4 Å². The normalized spacial score (nSPS) is 35.1.